The number of benzene rings is 1. The molecule has 3 rings (SSSR count). The van der Waals surface area contributed by atoms with Crippen LogP contribution in [0.2, 0.25) is 0 Å². The van der Waals surface area contributed by atoms with E-state index < -0.39 is 0 Å². The summed E-state index contributed by atoms with van der Waals surface area (Å²) in [6, 6.07) is 9.68. The number of piperidine rings is 1. The van der Waals surface area contributed by atoms with Gasteiger partial charge in [-0.3, -0.25) is 9.78 Å². The number of pyridine rings is 1. The third-order valence-electron chi connectivity index (χ3n) is 4.43. The number of amides is 1. The Morgan fingerprint density at radius 3 is 2.91 bits per heavy atom. The summed E-state index contributed by atoms with van der Waals surface area (Å²) in [6.07, 6.45) is 3.96. The maximum atomic E-state index is 12.7. The van der Waals surface area contributed by atoms with Gasteiger partial charge in [0.05, 0.1) is 5.52 Å². The van der Waals surface area contributed by atoms with Gasteiger partial charge in [-0.05, 0) is 56.1 Å². The van der Waals surface area contributed by atoms with E-state index in [9.17, 15) is 4.79 Å². The highest BCUT2D eigenvalue weighted by atomic mass is 16.2. The lowest BCUT2D eigenvalue weighted by Gasteiger charge is -2.32. The lowest BCUT2D eigenvalue weighted by atomic mass is 9.96. The smallest absolute Gasteiger partial charge is 0.253 e. The first kappa shape index (κ1) is 15.0. The number of carbonyl (C=O) groups excluding carboxylic acids is 1. The predicted octanol–water partition coefficient (Wildman–Crippen LogP) is 2.70. The summed E-state index contributed by atoms with van der Waals surface area (Å²) in [5.74, 6) is 0.845. The molecule has 1 N–H and O–H groups in total. The van der Waals surface area contributed by atoms with E-state index >= 15 is 0 Å². The average molecular weight is 297 g/mol. The maximum Gasteiger partial charge on any atom is 0.253 e. The van der Waals surface area contributed by atoms with E-state index in [1.54, 1.807) is 6.20 Å². The molecule has 1 aromatic heterocycles. The van der Waals surface area contributed by atoms with E-state index in [0.717, 1.165) is 55.5 Å². The molecule has 0 atom stereocenters. The quantitative estimate of drug-likeness (QED) is 0.943. The van der Waals surface area contributed by atoms with Gasteiger partial charge >= 0.3 is 0 Å². The van der Waals surface area contributed by atoms with Crippen LogP contribution in [0.1, 0.15) is 30.1 Å². The zero-order valence-corrected chi connectivity index (χ0v) is 13.1. The third kappa shape index (κ3) is 3.28. The van der Waals surface area contributed by atoms with Crippen molar-refractivity contribution in [3.8, 4) is 0 Å². The molecule has 0 aliphatic carbocycles. The van der Waals surface area contributed by atoms with Crippen molar-refractivity contribution in [2.24, 2.45) is 5.92 Å². The Labute approximate surface area is 131 Å². The van der Waals surface area contributed by atoms with Gasteiger partial charge in [0.2, 0.25) is 0 Å². The van der Waals surface area contributed by atoms with Gasteiger partial charge in [0.15, 0.2) is 0 Å². The van der Waals surface area contributed by atoms with Crippen LogP contribution in [0.15, 0.2) is 36.5 Å². The molecule has 22 heavy (non-hydrogen) atoms. The topological polar surface area (TPSA) is 45.2 Å². The SMILES string of the molecule is CCNCC1CCN(C(=O)c2ccc3ncccc3c2)CC1. The number of aromatic nitrogens is 1. The second-order valence-corrected chi connectivity index (χ2v) is 5.95. The molecule has 1 aliphatic rings. The number of hydrogen-bond acceptors (Lipinski definition) is 3. The van der Waals surface area contributed by atoms with E-state index in [1.807, 2.05) is 35.2 Å². The molecule has 0 bridgehead atoms. The van der Waals surface area contributed by atoms with Gasteiger partial charge in [-0.25, -0.2) is 0 Å². The van der Waals surface area contributed by atoms with Gasteiger partial charge in [0.25, 0.3) is 5.91 Å². The fraction of sp³-hybridized carbons (Fsp3) is 0.444. The van der Waals surface area contributed by atoms with Crippen LogP contribution in [0, 0.1) is 5.92 Å². The highest BCUT2D eigenvalue weighted by Crippen LogP contribution is 2.20. The Kier molecular flexibility index (Phi) is 4.68. The first-order valence-corrected chi connectivity index (χ1v) is 8.12. The zero-order chi connectivity index (χ0) is 15.4. The van der Waals surface area contributed by atoms with Crippen molar-refractivity contribution < 1.29 is 4.79 Å². The number of rotatable bonds is 4. The minimum atomic E-state index is 0.146. The van der Waals surface area contributed by atoms with Crippen molar-refractivity contribution in [1.29, 1.82) is 0 Å². The Morgan fingerprint density at radius 1 is 1.32 bits per heavy atom. The number of nitrogens with one attached hydrogen (secondary N) is 1. The molecule has 1 amide bonds. The summed E-state index contributed by atoms with van der Waals surface area (Å²) in [5, 5.41) is 4.43. The molecule has 0 saturated carbocycles. The number of carbonyl (C=O) groups is 1. The molecule has 0 radical (unpaired) electrons. The van der Waals surface area contributed by atoms with E-state index in [4.69, 9.17) is 0 Å². The van der Waals surface area contributed by atoms with Crippen LogP contribution in [0.3, 0.4) is 0 Å². The second kappa shape index (κ2) is 6.88. The molecule has 2 heterocycles. The standard InChI is InChI=1S/C18H23N3O/c1-2-19-13-14-7-10-21(11-8-14)18(22)16-5-6-17-15(12-16)4-3-9-20-17/h3-6,9,12,14,19H,2,7-8,10-11,13H2,1H3. The van der Waals surface area contributed by atoms with Crippen molar-refractivity contribution in [2.75, 3.05) is 26.2 Å². The van der Waals surface area contributed by atoms with Crippen LogP contribution >= 0.6 is 0 Å². The number of fused-ring (bicyclic) bond motifs is 1. The van der Waals surface area contributed by atoms with E-state index in [1.165, 1.54) is 0 Å². The van der Waals surface area contributed by atoms with Crippen molar-refractivity contribution in [3.63, 3.8) is 0 Å². The Hall–Kier alpha value is -1.94. The summed E-state index contributed by atoms with van der Waals surface area (Å²) in [7, 11) is 0. The molecule has 1 aromatic carbocycles. The summed E-state index contributed by atoms with van der Waals surface area (Å²) in [4.78, 5) is 18.9. The molecule has 0 unspecified atom stereocenters. The Balaban J connectivity index is 1.66. The van der Waals surface area contributed by atoms with Gasteiger partial charge in [-0.2, -0.15) is 0 Å². The second-order valence-electron chi connectivity index (χ2n) is 5.95. The van der Waals surface area contributed by atoms with Crippen LogP contribution in [-0.2, 0) is 0 Å². The monoisotopic (exact) mass is 297 g/mol. The van der Waals surface area contributed by atoms with Crippen molar-refractivity contribution in [2.45, 2.75) is 19.8 Å². The van der Waals surface area contributed by atoms with Crippen LogP contribution in [-0.4, -0.2) is 42.0 Å². The molecule has 1 aliphatic heterocycles. The Morgan fingerprint density at radius 2 is 2.14 bits per heavy atom. The van der Waals surface area contributed by atoms with Gasteiger partial charge in [0.1, 0.15) is 0 Å². The molecule has 4 nitrogen and oxygen atoms in total. The fourth-order valence-electron chi connectivity index (χ4n) is 3.08. The van der Waals surface area contributed by atoms with Crippen LogP contribution in [0.4, 0.5) is 0 Å². The van der Waals surface area contributed by atoms with Crippen molar-refractivity contribution >= 4 is 16.8 Å². The van der Waals surface area contributed by atoms with Crippen LogP contribution in [0.25, 0.3) is 10.9 Å². The van der Waals surface area contributed by atoms with Gasteiger partial charge in [-0.15, -0.1) is 0 Å². The molecule has 0 spiro atoms. The van der Waals surface area contributed by atoms with E-state index in [0.29, 0.717) is 5.92 Å². The molecule has 1 fully saturated rings. The Bertz CT molecular complexity index is 648. The highest BCUT2D eigenvalue weighted by molar-refractivity contribution is 5.97. The van der Waals surface area contributed by atoms with Gasteiger partial charge in [0, 0.05) is 30.2 Å². The molecule has 2 aromatic rings. The molecule has 1 saturated heterocycles. The summed E-state index contributed by atoms with van der Waals surface area (Å²) in [6.45, 7) is 5.94. The largest absolute Gasteiger partial charge is 0.339 e. The number of likely N-dealkylation sites (tertiary alicyclic amines) is 1. The van der Waals surface area contributed by atoms with Gasteiger partial charge < -0.3 is 10.2 Å². The minimum absolute atomic E-state index is 0.146. The normalized spacial score (nSPS) is 16.1. The lowest BCUT2D eigenvalue weighted by Crippen LogP contribution is -2.40. The molecule has 4 heteroatoms. The van der Waals surface area contributed by atoms with Crippen molar-refractivity contribution in [3.05, 3.63) is 42.1 Å². The minimum Gasteiger partial charge on any atom is -0.339 e. The fourth-order valence-corrected chi connectivity index (χ4v) is 3.08. The number of nitrogens with zero attached hydrogens (tertiary/aromatic N) is 2. The molecular weight excluding hydrogens is 274 g/mol. The lowest BCUT2D eigenvalue weighted by molar-refractivity contribution is 0.0690. The third-order valence-corrected chi connectivity index (χ3v) is 4.43. The predicted molar refractivity (Wildman–Crippen MR) is 88.9 cm³/mol. The van der Waals surface area contributed by atoms with Crippen molar-refractivity contribution in [1.82, 2.24) is 15.2 Å². The first-order chi connectivity index (χ1) is 10.8. The van der Waals surface area contributed by atoms with E-state index in [2.05, 4.69) is 17.2 Å². The first-order valence-electron chi connectivity index (χ1n) is 8.12. The average Bonchev–Trinajstić information content (AvgIpc) is 2.59. The number of hydrogen-bond donors (Lipinski definition) is 1. The summed E-state index contributed by atoms with van der Waals surface area (Å²) in [5.41, 5.74) is 1.70. The molecular formula is C18H23N3O. The summed E-state index contributed by atoms with van der Waals surface area (Å²) < 4.78 is 0. The van der Waals surface area contributed by atoms with E-state index in [-0.39, 0.29) is 5.91 Å². The molecule has 116 valence electrons. The highest BCUT2D eigenvalue weighted by Gasteiger charge is 2.23. The van der Waals surface area contributed by atoms with Crippen LogP contribution < -0.4 is 5.32 Å². The zero-order valence-electron chi connectivity index (χ0n) is 13.1. The van der Waals surface area contributed by atoms with Gasteiger partial charge in [-0.1, -0.05) is 13.0 Å². The summed E-state index contributed by atoms with van der Waals surface area (Å²) >= 11 is 0. The van der Waals surface area contributed by atoms with Crippen LogP contribution in [0.5, 0.6) is 0 Å². The maximum absolute atomic E-state index is 12.7.